The van der Waals surface area contributed by atoms with Crippen LogP contribution in [0, 0.1) is 6.92 Å². The molecule has 0 radical (unpaired) electrons. The molecule has 1 aliphatic rings. The zero-order chi connectivity index (χ0) is 17.3. The summed E-state index contributed by atoms with van der Waals surface area (Å²) in [6.07, 6.45) is 4.77. The fraction of sp³-hybridized carbons (Fsp3) is 0.706. The first-order chi connectivity index (χ1) is 11.5. The van der Waals surface area contributed by atoms with Crippen LogP contribution in [0.2, 0.25) is 0 Å². The zero-order valence-electron chi connectivity index (χ0n) is 15.5. The average Bonchev–Trinajstić information content (AvgIpc) is 2.96. The van der Waals surface area contributed by atoms with Crippen molar-refractivity contribution in [3.8, 4) is 0 Å². The van der Waals surface area contributed by atoms with Crippen LogP contribution >= 0.6 is 0 Å². The molecule has 0 saturated carbocycles. The third kappa shape index (κ3) is 3.17. The van der Waals surface area contributed by atoms with Gasteiger partial charge in [-0.3, -0.25) is 4.68 Å². The third-order valence-corrected chi connectivity index (χ3v) is 4.85. The lowest BCUT2D eigenvalue weighted by molar-refractivity contribution is 0.501. The van der Waals surface area contributed by atoms with Crippen molar-refractivity contribution >= 4 is 5.82 Å². The molecule has 3 heterocycles. The quantitative estimate of drug-likeness (QED) is 0.907. The second-order valence-electron chi connectivity index (χ2n) is 6.94. The van der Waals surface area contributed by atoms with E-state index in [2.05, 4.69) is 58.0 Å². The normalized spacial score (nSPS) is 15.9. The molecule has 0 fully saturated rings. The largest absolute Gasteiger partial charge is 0.363 e. The van der Waals surface area contributed by atoms with E-state index in [9.17, 15) is 0 Å². The molecule has 0 bridgehead atoms. The van der Waals surface area contributed by atoms with Gasteiger partial charge in [-0.2, -0.15) is 5.10 Å². The van der Waals surface area contributed by atoms with Gasteiger partial charge in [0.05, 0.1) is 11.7 Å². The highest BCUT2D eigenvalue weighted by molar-refractivity contribution is 5.48. The van der Waals surface area contributed by atoms with Gasteiger partial charge in [-0.25, -0.2) is 0 Å². The van der Waals surface area contributed by atoms with Gasteiger partial charge in [-0.1, -0.05) is 6.42 Å². The van der Waals surface area contributed by atoms with E-state index in [0.717, 1.165) is 42.7 Å². The van der Waals surface area contributed by atoms with E-state index in [4.69, 9.17) is 0 Å². The maximum atomic E-state index is 4.56. The summed E-state index contributed by atoms with van der Waals surface area (Å²) in [5, 5.41) is 17.0. The Hall–Kier alpha value is -1.89. The number of hydrogen-bond acceptors (Lipinski definition) is 5. The lowest BCUT2D eigenvalue weighted by Gasteiger charge is -2.18. The third-order valence-electron chi connectivity index (χ3n) is 4.85. The minimum absolute atomic E-state index is 0.166. The lowest BCUT2D eigenvalue weighted by atomic mass is 10.2. The Bertz CT molecular complexity index is 698. The summed E-state index contributed by atoms with van der Waals surface area (Å²) >= 11 is 0. The van der Waals surface area contributed by atoms with Crippen LogP contribution in [-0.4, -0.2) is 38.6 Å². The molecular weight excluding hydrogens is 302 g/mol. The summed E-state index contributed by atoms with van der Waals surface area (Å²) in [5.74, 6) is 3.34. The van der Waals surface area contributed by atoms with Gasteiger partial charge in [0, 0.05) is 46.2 Å². The van der Waals surface area contributed by atoms with Crippen LogP contribution in [0.1, 0.15) is 55.1 Å². The minimum atomic E-state index is 0.166. The fourth-order valence-corrected chi connectivity index (χ4v) is 3.63. The van der Waals surface area contributed by atoms with E-state index in [1.54, 1.807) is 0 Å². The van der Waals surface area contributed by atoms with Crippen molar-refractivity contribution in [3.05, 3.63) is 22.9 Å². The Labute approximate surface area is 144 Å². The van der Waals surface area contributed by atoms with Gasteiger partial charge in [0.25, 0.3) is 0 Å². The SMILES string of the molecule is Cc1nn(C)c(N(C)C)c1CNC(C)c1nnc2n1CCCCC2. The van der Waals surface area contributed by atoms with Gasteiger partial charge in [-0.05, 0) is 26.7 Å². The van der Waals surface area contributed by atoms with E-state index < -0.39 is 0 Å². The number of nitrogens with one attached hydrogen (secondary N) is 1. The molecule has 0 spiro atoms. The predicted molar refractivity (Wildman–Crippen MR) is 95.1 cm³/mol. The smallest absolute Gasteiger partial charge is 0.149 e. The maximum Gasteiger partial charge on any atom is 0.149 e. The molecule has 7 nitrogen and oxygen atoms in total. The molecule has 1 N–H and O–H groups in total. The van der Waals surface area contributed by atoms with Crippen LogP contribution < -0.4 is 10.2 Å². The summed E-state index contributed by atoms with van der Waals surface area (Å²) in [7, 11) is 6.11. The van der Waals surface area contributed by atoms with E-state index in [-0.39, 0.29) is 6.04 Å². The Morgan fingerprint density at radius 2 is 2.00 bits per heavy atom. The monoisotopic (exact) mass is 331 g/mol. The first kappa shape index (κ1) is 17.0. The van der Waals surface area contributed by atoms with Gasteiger partial charge in [0.15, 0.2) is 0 Å². The Kier molecular flexibility index (Phi) is 4.89. The second kappa shape index (κ2) is 6.93. The summed E-state index contributed by atoms with van der Waals surface area (Å²) in [6.45, 7) is 6.05. The minimum Gasteiger partial charge on any atom is -0.363 e. The van der Waals surface area contributed by atoms with Gasteiger partial charge < -0.3 is 14.8 Å². The summed E-state index contributed by atoms with van der Waals surface area (Å²) in [4.78, 5) is 2.12. The first-order valence-corrected chi connectivity index (χ1v) is 8.84. The molecular formula is C17H29N7. The van der Waals surface area contributed by atoms with E-state index in [0.29, 0.717) is 0 Å². The molecule has 132 valence electrons. The van der Waals surface area contributed by atoms with Crippen molar-refractivity contribution in [3.63, 3.8) is 0 Å². The van der Waals surface area contributed by atoms with E-state index >= 15 is 0 Å². The van der Waals surface area contributed by atoms with Crippen molar-refractivity contribution in [1.29, 1.82) is 0 Å². The average molecular weight is 331 g/mol. The Morgan fingerprint density at radius 1 is 1.21 bits per heavy atom. The molecule has 0 aromatic carbocycles. The highest BCUT2D eigenvalue weighted by Gasteiger charge is 2.21. The van der Waals surface area contributed by atoms with Crippen molar-refractivity contribution in [2.24, 2.45) is 7.05 Å². The highest BCUT2D eigenvalue weighted by atomic mass is 15.4. The van der Waals surface area contributed by atoms with E-state index in [1.165, 1.54) is 24.8 Å². The van der Waals surface area contributed by atoms with Crippen molar-refractivity contribution in [2.45, 2.75) is 58.7 Å². The number of rotatable bonds is 5. The zero-order valence-corrected chi connectivity index (χ0v) is 15.5. The molecule has 1 unspecified atom stereocenters. The number of fused-ring (bicyclic) bond motifs is 1. The molecule has 1 aliphatic heterocycles. The molecule has 0 saturated heterocycles. The number of nitrogens with zero attached hydrogens (tertiary/aromatic N) is 6. The summed E-state index contributed by atoms with van der Waals surface area (Å²) < 4.78 is 4.26. The van der Waals surface area contributed by atoms with Crippen LogP contribution in [0.4, 0.5) is 5.82 Å². The molecule has 2 aromatic heterocycles. The van der Waals surface area contributed by atoms with Gasteiger partial charge in [0.1, 0.15) is 17.5 Å². The Morgan fingerprint density at radius 3 is 2.75 bits per heavy atom. The number of anilines is 1. The maximum absolute atomic E-state index is 4.56. The van der Waals surface area contributed by atoms with E-state index in [1.807, 2.05) is 11.7 Å². The lowest BCUT2D eigenvalue weighted by Crippen LogP contribution is -2.24. The second-order valence-corrected chi connectivity index (χ2v) is 6.94. The first-order valence-electron chi connectivity index (χ1n) is 8.84. The Balaban J connectivity index is 1.75. The van der Waals surface area contributed by atoms with Gasteiger partial charge in [-0.15, -0.1) is 10.2 Å². The van der Waals surface area contributed by atoms with Crippen molar-refractivity contribution in [2.75, 3.05) is 19.0 Å². The van der Waals surface area contributed by atoms with Crippen LogP contribution in [-0.2, 0) is 26.6 Å². The number of aryl methyl sites for hydroxylation is 3. The topological polar surface area (TPSA) is 63.8 Å². The molecule has 0 aliphatic carbocycles. The van der Waals surface area contributed by atoms with Crippen molar-refractivity contribution < 1.29 is 0 Å². The van der Waals surface area contributed by atoms with Crippen molar-refractivity contribution in [1.82, 2.24) is 29.9 Å². The number of aromatic nitrogens is 5. The molecule has 7 heteroatoms. The standard InChI is InChI=1S/C17H29N7/c1-12-14(17(22(3)4)23(5)21-12)11-18-13(2)16-20-19-15-9-7-6-8-10-24(15)16/h13,18H,6-11H2,1-5H3. The van der Waals surface area contributed by atoms with Crippen LogP contribution in [0.25, 0.3) is 0 Å². The summed E-state index contributed by atoms with van der Waals surface area (Å²) in [5.41, 5.74) is 2.31. The molecule has 3 rings (SSSR count). The van der Waals surface area contributed by atoms with Crippen LogP contribution in [0.15, 0.2) is 0 Å². The fourth-order valence-electron chi connectivity index (χ4n) is 3.63. The molecule has 24 heavy (non-hydrogen) atoms. The number of hydrogen-bond donors (Lipinski definition) is 1. The van der Waals surface area contributed by atoms with Crippen LogP contribution in [0.5, 0.6) is 0 Å². The highest BCUT2D eigenvalue weighted by Crippen LogP contribution is 2.23. The predicted octanol–water partition coefficient (Wildman–Crippen LogP) is 1.96. The van der Waals surface area contributed by atoms with Crippen LogP contribution in [0.3, 0.4) is 0 Å². The molecule has 2 aromatic rings. The van der Waals surface area contributed by atoms with Gasteiger partial charge >= 0.3 is 0 Å². The van der Waals surface area contributed by atoms with Gasteiger partial charge in [0.2, 0.25) is 0 Å². The molecule has 1 atom stereocenters. The summed E-state index contributed by atoms with van der Waals surface area (Å²) in [6, 6.07) is 0.166. The molecule has 0 amide bonds.